The van der Waals surface area contributed by atoms with Crippen LogP contribution in [0.5, 0.6) is 0 Å². The van der Waals surface area contributed by atoms with Gasteiger partial charge in [-0.2, -0.15) is 0 Å². The summed E-state index contributed by atoms with van der Waals surface area (Å²) in [5.74, 6) is 3.42. The molecule has 102 valence electrons. The Morgan fingerprint density at radius 2 is 1.50 bits per heavy atom. The van der Waals surface area contributed by atoms with Gasteiger partial charge in [0.25, 0.3) is 0 Å². The molecule has 0 rings (SSSR count). The summed E-state index contributed by atoms with van der Waals surface area (Å²) in [6.45, 7) is 17.6. The topological polar surface area (TPSA) is 17.1 Å². The second-order valence-corrected chi connectivity index (χ2v) is 18.1. The molecule has 0 radical (unpaired) electrons. The Morgan fingerprint density at radius 3 is 1.89 bits per heavy atom. The minimum Gasteiger partial charge on any atom is -0.245 e. The van der Waals surface area contributed by atoms with Crippen LogP contribution in [-0.4, -0.2) is 26.1 Å². The lowest BCUT2D eigenvalue weighted by Crippen LogP contribution is -2.35. The summed E-state index contributed by atoms with van der Waals surface area (Å²) in [7, 11) is -4.10. The van der Waals surface area contributed by atoms with Crippen molar-refractivity contribution in [3.63, 3.8) is 0 Å². The summed E-state index contributed by atoms with van der Waals surface area (Å²) in [4.78, 5) is 0. The van der Waals surface area contributed by atoms with Crippen LogP contribution in [0.4, 0.5) is 0 Å². The average molecular weight is 299 g/mol. The lowest BCUT2D eigenvalue weighted by atomic mass is 10.2. The fraction of sp³-hybridized carbons (Fsp3) is 0.714. The summed E-state index contributed by atoms with van der Waals surface area (Å²) in [6, 6.07) is 0. The van der Waals surface area contributed by atoms with Gasteiger partial charge in [0.2, 0.25) is 0 Å². The van der Waals surface area contributed by atoms with Crippen LogP contribution in [0.15, 0.2) is 0 Å². The highest BCUT2D eigenvalue weighted by Crippen LogP contribution is 2.35. The van der Waals surface area contributed by atoms with E-state index in [4.69, 9.17) is 0 Å². The maximum Gasteiger partial charge on any atom is 0.138 e. The van der Waals surface area contributed by atoms with Gasteiger partial charge in [0.15, 0.2) is 0 Å². The fourth-order valence-corrected chi connectivity index (χ4v) is 3.65. The smallest absolute Gasteiger partial charge is 0.138 e. The van der Waals surface area contributed by atoms with E-state index in [-0.39, 0.29) is 5.04 Å². The normalized spacial score (nSPS) is 14.0. The summed E-state index contributed by atoms with van der Waals surface area (Å²) in [6.07, 6.45) is 0. The van der Waals surface area contributed by atoms with Crippen molar-refractivity contribution in [2.24, 2.45) is 0 Å². The zero-order valence-corrected chi connectivity index (χ0v) is 15.8. The van der Waals surface area contributed by atoms with Gasteiger partial charge < -0.3 is 0 Å². The van der Waals surface area contributed by atoms with Gasteiger partial charge in [0.05, 0.1) is 5.75 Å². The molecule has 4 heteroatoms. The molecule has 0 aromatic rings. The van der Waals surface area contributed by atoms with Crippen LogP contribution in [0.1, 0.15) is 20.8 Å². The molecule has 0 aliphatic rings. The molecule has 0 N–H and O–H groups in total. The third-order valence-electron chi connectivity index (χ3n) is 3.02. The third kappa shape index (κ3) is 7.21. The molecule has 0 saturated carbocycles. The first-order valence-corrected chi connectivity index (χ1v) is 14.1. The molecule has 1 atom stereocenters. The molecule has 1 unspecified atom stereocenters. The Kier molecular flexibility index (Phi) is 6.13. The second-order valence-electron chi connectivity index (χ2n) is 7.14. The number of hydrogen-bond donors (Lipinski definition) is 0. The molecule has 0 amide bonds. The van der Waals surface area contributed by atoms with Crippen molar-refractivity contribution in [2.75, 3.05) is 5.75 Å². The Morgan fingerprint density at radius 1 is 1.00 bits per heavy atom. The zero-order chi connectivity index (χ0) is 14.6. The van der Waals surface area contributed by atoms with Crippen molar-refractivity contribution in [2.45, 2.75) is 58.5 Å². The van der Waals surface area contributed by atoms with E-state index in [1.54, 1.807) is 0 Å². The van der Waals surface area contributed by atoms with E-state index in [0.717, 1.165) is 0 Å². The molecule has 0 saturated heterocycles. The minimum absolute atomic E-state index is 0.216. The molecule has 0 aromatic carbocycles. The van der Waals surface area contributed by atoms with Crippen LogP contribution in [0, 0.1) is 22.3 Å². The van der Waals surface area contributed by atoms with Crippen molar-refractivity contribution in [3.05, 3.63) is 0 Å². The molecule has 0 aliphatic carbocycles. The molecule has 0 spiro atoms. The van der Waals surface area contributed by atoms with Crippen LogP contribution in [0.25, 0.3) is 0 Å². The van der Waals surface area contributed by atoms with Crippen molar-refractivity contribution in [1.29, 1.82) is 0 Å². The maximum absolute atomic E-state index is 11.8. The molecule has 18 heavy (non-hydrogen) atoms. The standard InChI is InChI=1S/C14H26OSSi2/c1-14(2,3)18(7,8)13-11-16(15)10-9-12-17(4,5)6/h10H2,1-8H3. The minimum atomic E-state index is -1.64. The lowest BCUT2D eigenvalue weighted by Gasteiger charge is -2.31. The third-order valence-corrected chi connectivity index (χ3v) is 9.36. The first kappa shape index (κ1) is 17.7. The summed E-state index contributed by atoms with van der Waals surface area (Å²) >= 11 is 0. The first-order valence-electron chi connectivity index (χ1n) is 6.26. The van der Waals surface area contributed by atoms with Gasteiger partial charge in [-0.05, 0) is 10.3 Å². The van der Waals surface area contributed by atoms with E-state index in [2.05, 4.69) is 75.8 Å². The zero-order valence-electron chi connectivity index (χ0n) is 13.0. The van der Waals surface area contributed by atoms with Crippen LogP contribution in [0.2, 0.25) is 37.8 Å². The molecular formula is C14H26OSSi2. The quantitative estimate of drug-likeness (QED) is 0.534. The maximum atomic E-state index is 11.8. The molecule has 0 aliphatic heterocycles. The Hall–Kier alpha value is -0.296. The van der Waals surface area contributed by atoms with E-state index in [1.807, 2.05) is 0 Å². The molecule has 0 bridgehead atoms. The van der Waals surface area contributed by atoms with Gasteiger partial charge >= 0.3 is 0 Å². The van der Waals surface area contributed by atoms with E-state index < -0.39 is 26.9 Å². The Bertz CT molecular complexity index is 431. The predicted octanol–water partition coefficient (Wildman–Crippen LogP) is 3.62. The van der Waals surface area contributed by atoms with Crippen LogP contribution >= 0.6 is 0 Å². The number of hydrogen-bond acceptors (Lipinski definition) is 1. The fourth-order valence-electron chi connectivity index (χ4n) is 0.775. The highest BCUT2D eigenvalue weighted by atomic mass is 32.2. The first-order chi connectivity index (χ1) is 7.85. The second kappa shape index (κ2) is 6.23. The largest absolute Gasteiger partial charge is 0.245 e. The number of rotatable bonds is 1. The van der Waals surface area contributed by atoms with E-state index in [9.17, 15) is 4.21 Å². The van der Waals surface area contributed by atoms with E-state index in [0.29, 0.717) is 5.75 Å². The lowest BCUT2D eigenvalue weighted by molar-refractivity contribution is 0.691. The van der Waals surface area contributed by atoms with E-state index in [1.165, 1.54) is 0 Å². The van der Waals surface area contributed by atoms with E-state index >= 15 is 0 Å². The summed E-state index contributed by atoms with van der Waals surface area (Å²) in [5, 5.41) is 3.13. The van der Waals surface area contributed by atoms with Gasteiger partial charge in [0, 0.05) is 0 Å². The van der Waals surface area contributed by atoms with Crippen LogP contribution < -0.4 is 0 Å². The molecule has 0 fully saturated rings. The van der Waals surface area contributed by atoms with Gasteiger partial charge in [0.1, 0.15) is 26.9 Å². The highest BCUT2D eigenvalue weighted by molar-refractivity contribution is 7.90. The van der Waals surface area contributed by atoms with Gasteiger partial charge in [-0.3, -0.25) is 0 Å². The van der Waals surface area contributed by atoms with Crippen molar-refractivity contribution >= 4 is 26.9 Å². The molecule has 0 aromatic heterocycles. The van der Waals surface area contributed by atoms with Gasteiger partial charge in [-0.1, -0.05) is 59.4 Å². The van der Waals surface area contributed by atoms with Crippen molar-refractivity contribution in [1.82, 2.24) is 0 Å². The van der Waals surface area contributed by atoms with Crippen molar-refractivity contribution < 1.29 is 4.21 Å². The monoisotopic (exact) mass is 298 g/mol. The Balaban J connectivity index is 4.66. The highest BCUT2D eigenvalue weighted by Gasteiger charge is 2.33. The molecule has 1 nitrogen and oxygen atoms in total. The Labute approximate surface area is 118 Å². The summed E-state index contributed by atoms with van der Waals surface area (Å²) < 4.78 is 11.8. The SMILES string of the molecule is CC(C)(C)[Si](C)(C)C#CS(=O)CC#C[Si](C)(C)C. The molecular weight excluding hydrogens is 272 g/mol. The van der Waals surface area contributed by atoms with Crippen molar-refractivity contribution in [3.8, 4) is 22.3 Å². The van der Waals surface area contributed by atoms with Gasteiger partial charge in [-0.15, -0.1) is 11.1 Å². The predicted molar refractivity (Wildman–Crippen MR) is 89.1 cm³/mol. The average Bonchev–Trinajstić information content (AvgIpc) is 2.11. The van der Waals surface area contributed by atoms with Crippen LogP contribution in [-0.2, 0) is 10.8 Å². The van der Waals surface area contributed by atoms with Gasteiger partial charge in [-0.25, -0.2) is 4.21 Å². The van der Waals surface area contributed by atoms with Crippen LogP contribution in [0.3, 0.4) is 0 Å². The summed E-state index contributed by atoms with van der Waals surface area (Å²) in [5.41, 5.74) is 6.50. The molecule has 0 heterocycles.